The number of nitrogens with zero attached hydrogens (tertiary/aromatic N) is 1. The first-order valence-corrected chi connectivity index (χ1v) is 9.02. The number of hydrogen-bond donors (Lipinski definition) is 1. The van der Waals surface area contributed by atoms with E-state index in [4.69, 9.17) is 0 Å². The Kier molecular flexibility index (Phi) is 5.31. The summed E-state index contributed by atoms with van der Waals surface area (Å²) in [6, 6.07) is 9.96. The highest BCUT2D eigenvalue weighted by Crippen LogP contribution is 2.14. The molecule has 2 rings (SSSR count). The van der Waals surface area contributed by atoms with Crippen LogP contribution in [-0.2, 0) is 14.6 Å². The van der Waals surface area contributed by atoms with Crippen molar-refractivity contribution in [3.05, 3.63) is 52.6 Å². The molecular formula is C15H15BrN2O3S. The van der Waals surface area contributed by atoms with E-state index in [2.05, 4.69) is 26.2 Å². The minimum Gasteiger partial charge on any atom is -0.311 e. The fourth-order valence-corrected chi connectivity index (χ4v) is 3.22. The van der Waals surface area contributed by atoms with Gasteiger partial charge in [-0.1, -0.05) is 17.7 Å². The average Bonchev–Trinajstić information content (AvgIpc) is 2.48. The molecule has 116 valence electrons. The summed E-state index contributed by atoms with van der Waals surface area (Å²) >= 11 is 3.24. The lowest BCUT2D eigenvalue weighted by Gasteiger charge is -2.06. The Hall–Kier alpha value is -1.73. The van der Waals surface area contributed by atoms with Crippen molar-refractivity contribution in [3.63, 3.8) is 0 Å². The molecule has 0 radical (unpaired) electrons. The lowest BCUT2D eigenvalue weighted by Crippen LogP contribution is -2.18. The van der Waals surface area contributed by atoms with E-state index in [0.29, 0.717) is 5.82 Å². The molecule has 0 spiro atoms. The fourth-order valence-electron chi connectivity index (χ4n) is 1.75. The number of sulfone groups is 1. The summed E-state index contributed by atoms with van der Waals surface area (Å²) in [6.07, 6.45) is 1.44. The predicted octanol–water partition coefficient (Wildman–Crippen LogP) is 2.96. The number of hydrogen-bond acceptors (Lipinski definition) is 4. The number of rotatable bonds is 5. The Morgan fingerprint density at radius 3 is 2.45 bits per heavy atom. The molecule has 1 heterocycles. The van der Waals surface area contributed by atoms with Crippen LogP contribution in [-0.4, -0.2) is 25.1 Å². The summed E-state index contributed by atoms with van der Waals surface area (Å²) < 4.78 is 25.1. The van der Waals surface area contributed by atoms with Gasteiger partial charge in [-0.15, -0.1) is 0 Å². The molecule has 0 bridgehead atoms. The maximum absolute atomic E-state index is 12.1. The third-order valence-electron chi connectivity index (χ3n) is 2.97. The van der Waals surface area contributed by atoms with Crippen molar-refractivity contribution in [2.45, 2.75) is 18.2 Å². The Labute approximate surface area is 137 Å². The van der Waals surface area contributed by atoms with Crippen LogP contribution in [0.3, 0.4) is 0 Å². The van der Waals surface area contributed by atoms with Gasteiger partial charge in [-0.05, 0) is 47.1 Å². The lowest BCUT2D eigenvalue weighted by molar-refractivity contribution is -0.115. The molecule has 0 atom stereocenters. The van der Waals surface area contributed by atoms with Crippen molar-refractivity contribution in [1.29, 1.82) is 0 Å². The first-order valence-electron chi connectivity index (χ1n) is 6.58. The molecule has 0 aliphatic rings. The molecular weight excluding hydrogens is 368 g/mol. The average molecular weight is 383 g/mol. The maximum Gasteiger partial charge on any atom is 0.226 e. The van der Waals surface area contributed by atoms with E-state index in [0.717, 1.165) is 10.0 Å². The molecule has 0 unspecified atom stereocenters. The van der Waals surface area contributed by atoms with E-state index in [1.54, 1.807) is 42.6 Å². The SMILES string of the molecule is Cc1ccc(S(=O)(=O)CCC(=O)Nc2ccc(Br)cn2)cc1. The van der Waals surface area contributed by atoms with Crippen molar-refractivity contribution in [2.24, 2.45) is 0 Å². The molecule has 1 aromatic carbocycles. The smallest absolute Gasteiger partial charge is 0.226 e. The summed E-state index contributed by atoms with van der Waals surface area (Å²) in [6.45, 7) is 1.88. The van der Waals surface area contributed by atoms with E-state index in [1.807, 2.05) is 6.92 Å². The lowest BCUT2D eigenvalue weighted by atomic mass is 10.2. The first-order chi connectivity index (χ1) is 10.4. The minimum atomic E-state index is -3.46. The van der Waals surface area contributed by atoms with Gasteiger partial charge in [0.2, 0.25) is 5.91 Å². The predicted molar refractivity (Wildman–Crippen MR) is 88.4 cm³/mol. The zero-order chi connectivity index (χ0) is 16.2. The molecule has 0 saturated heterocycles. The van der Waals surface area contributed by atoms with Crippen LogP contribution < -0.4 is 5.32 Å². The number of aromatic nitrogens is 1. The molecule has 1 amide bonds. The molecule has 0 saturated carbocycles. The second kappa shape index (κ2) is 7.02. The van der Waals surface area contributed by atoms with Crippen LogP contribution >= 0.6 is 15.9 Å². The highest BCUT2D eigenvalue weighted by atomic mass is 79.9. The van der Waals surface area contributed by atoms with Gasteiger partial charge in [0.1, 0.15) is 5.82 Å². The van der Waals surface area contributed by atoms with E-state index in [9.17, 15) is 13.2 Å². The van der Waals surface area contributed by atoms with Crippen LogP contribution in [0.15, 0.2) is 52.0 Å². The first kappa shape index (κ1) is 16.6. The van der Waals surface area contributed by atoms with Gasteiger partial charge in [-0.25, -0.2) is 13.4 Å². The highest BCUT2D eigenvalue weighted by Gasteiger charge is 2.16. The molecule has 22 heavy (non-hydrogen) atoms. The molecule has 1 N–H and O–H groups in total. The Balaban J connectivity index is 1.95. The summed E-state index contributed by atoms with van der Waals surface area (Å²) in [5, 5.41) is 2.57. The van der Waals surface area contributed by atoms with Crippen LogP contribution in [0.1, 0.15) is 12.0 Å². The number of halogens is 1. The normalized spacial score (nSPS) is 11.2. The fraction of sp³-hybridized carbons (Fsp3) is 0.200. The number of carbonyl (C=O) groups excluding carboxylic acids is 1. The van der Waals surface area contributed by atoms with Crippen molar-refractivity contribution in [2.75, 3.05) is 11.1 Å². The Morgan fingerprint density at radius 2 is 1.86 bits per heavy atom. The van der Waals surface area contributed by atoms with Crippen LogP contribution in [0.5, 0.6) is 0 Å². The summed E-state index contributed by atoms with van der Waals surface area (Å²) in [7, 11) is -3.46. The second-order valence-electron chi connectivity index (χ2n) is 4.79. The van der Waals surface area contributed by atoms with Crippen LogP contribution in [0, 0.1) is 6.92 Å². The largest absolute Gasteiger partial charge is 0.311 e. The summed E-state index contributed by atoms with van der Waals surface area (Å²) in [4.78, 5) is 16.0. The van der Waals surface area contributed by atoms with Crippen molar-refractivity contribution in [1.82, 2.24) is 4.98 Å². The second-order valence-corrected chi connectivity index (χ2v) is 7.82. The van der Waals surface area contributed by atoms with Crippen molar-refractivity contribution < 1.29 is 13.2 Å². The van der Waals surface area contributed by atoms with Crippen LogP contribution in [0.2, 0.25) is 0 Å². The number of anilines is 1. The molecule has 0 aliphatic heterocycles. The molecule has 2 aromatic rings. The van der Waals surface area contributed by atoms with Crippen LogP contribution in [0.25, 0.3) is 0 Å². The van der Waals surface area contributed by atoms with Gasteiger partial charge in [0.05, 0.1) is 10.6 Å². The number of nitrogens with one attached hydrogen (secondary N) is 1. The zero-order valence-electron chi connectivity index (χ0n) is 11.9. The van der Waals surface area contributed by atoms with Crippen LogP contribution in [0.4, 0.5) is 5.82 Å². The van der Waals surface area contributed by atoms with Gasteiger partial charge < -0.3 is 5.32 Å². The Bertz CT molecular complexity index is 756. The molecule has 5 nitrogen and oxygen atoms in total. The number of amides is 1. The monoisotopic (exact) mass is 382 g/mol. The quantitative estimate of drug-likeness (QED) is 0.862. The van der Waals surface area contributed by atoms with Crippen molar-refractivity contribution in [3.8, 4) is 0 Å². The molecule has 1 aromatic heterocycles. The van der Waals surface area contributed by atoms with E-state index in [1.165, 1.54) is 0 Å². The summed E-state index contributed by atoms with van der Waals surface area (Å²) in [5.41, 5.74) is 0.984. The Morgan fingerprint density at radius 1 is 1.18 bits per heavy atom. The van der Waals surface area contributed by atoms with Gasteiger partial charge in [0.25, 0.3) is 0 Å². The van der Waals surface area contributed by atoms with Gasteiger partial charge in [0.15, 0.2) is 9.84 Å². The van der Waals surface area contributed by atoms with Gasteiger partial charge >= 0.3 is 0 Å². The van der Waals surface area contributed by atoms with E-state index in [-0.39, 0.29) is 23.0 Å². The molecule has 0 aliphatic carbocycles. The molecule has 7 heteroatoms. The standard InChI is InChI=1S/C15H15BrN2O3S/c1-11-2-5-13(6-3-11)22(20,21)9-8-15(19)18-14-7-4-12(16)10-17-14/h2-7,10H,8-9H2,1H3,(H,17,18,19). The molecule has 0 fully saturated rings. The third-order valence-corrected chi connectivity index (χ3v) is 5.17. The topological polar surface area (TPSA) is 76.1 Å². The van der Waals surface area contributed by atoms with Gasteiger partial charge in [-0.3, -0.25) is 4.79 Å². The number of benzene rings is 1. The maximum atomic E-state index is 12.1. The third kappa shape index (κ3) is 4.64. The van der Waals surface area contributed by atoms with E-state index >= 15 is 0 Å². The van der Waals surface area contributed by atoms with Gasteiger partial charge in [-0.2, -0.15) is 0 Å². The zero-order valence-corrected chi connectivity index (χ0v) is 14.3. The minimum absolute atomic E-state index is 0.117. The summed E-state index contributed by atoms with van der Waals surface area (Å²) in [5.74, 6) is -0.232. The number of aryl methyl sites for hydroxylation is 1. The van der Waals surface area contributed by atoms with E-state index < -0.39 is 9.84 Å². The number of carbonyl (C=O) groups is 1. The van der Waals surface area contributed by atoms with Gasteiger partial charge in [0, 0.05) is 17.1 Å². The number of pyridine rings is 1. The van der Waals surface area contributed by atoms with Crippen molar-refractivity contribution >= 4 is 37.5 Å². The highest BCUT2D eigenvalue weighted by molar-refractivity contribution is 9.10.